The summed E-state index contributed by atoms with van der Waals surface area (Å²) in [5.74, 6) is -0.775. The molecule has 2 aliphatic rings. The summed E-state index contributed by atoms with van der Waals surface area (Å²) in [6.07, 6.45) is -1.79. The molecule has 3 heterocycles. The van der Waals surface area contributed by atoms with Crippen LogP contribution >= 0.6 is 34.8 Å². The van der Waals surface area contributed by atoms with Gasteiger partial charge in [-0.3, -0.25) is 0 Å². The maximum Gasteiger partial charge on any atom is 0.164 e. The fourth-order valence-electron chi connectivity index (χ4n) is 3.58. The van der Waals surface area contributed by atoms with E-state index in [9.17, 15) is 0 Å². The summed E-state index contributed by atoms with van der Waals surface area (Å²) >= 11 is 18.8. The monoisotopic (exact) mass is 416 g/mol. The lowest BCUT2D eigenvalue weighted by molar-refractivity contribution is -0.194. The van der Waals surface area contributed by atoms with Gasteiger partial charge in [0, 0.05) is 10.3 Å². The Labute approximate surface area is 164 Å². The molecule has 4 rings (SSSR count). The molecule has 26 heavy (non-hydrogen) atoms. The summed E-state index contributed by atoms with van der Waals surface area (Å²) in [5.41, 5.74) is 9.41. The molecule has 2 unspecified atom stereocenters. The molecule has 2 fully saturated rings. The SMILES string of the molecule is CC1(C)OC2C(O1)[C@@H](CN=[N+]=[N-])O[C@H]2n1c(Cl)cc2cc(Cl)c(Cl)cc21. The lowest BCUT2D eigenvalue weighted by Gasteiger charge is -2.25. The van der Waals surface area contributed by atoms with Gasteiger partial charge in [-0.25, -0.2) is 0 Å². The van der Waals surface area contributed by atoms with Crippen LogP contribution in [0, 0.1) is 0 Å². The third kappa shape index (κ3) is 2.94. The maximum atomic E-state index is 8.64. The van der Waals surface area contributed by atoms with Crippen molar-refractivity contribution in [3.05, 3.63) is 43.8 Å². The number of fused-ring (bicyclic) bond motifs is 2. The predicted molar refractivity (Wildman–Crippen MR) is 98.7 cm³/mol. The average Bonchev–Trinajstić information content (AvgIpc) is 3.14. The second kappa shape index (κ2) is 6.46. The second-order valence-electron chi connectivity index (χ2n) is 6.71. The Bertz CT molecular complexity index is 925. The van der Waals surface area contributed by atoms with E-state index < -0.39 is 24.2 Å². The number of azide groups is 1. The largest absolute Gasteiger partial charge is 0.349 e. The van der Waals surface area contributed by atoms with E-state index in [2.05, 4.69) is 10.0 Å². The topological polar surface area (TPSA) is 81.4 Å². The fourth-order valence-corrected chi connectivity index (χ4v) is 4.21. The third-order valence-electron chi connectivity index (χ3n) is 4.54. The number of aromatic nitrogens is 1. The van der Waals surface area contributed by atoms with Gasteiger partial charge in [0.1, 0.15) is 17.4 Å². The van der Waals surface area contributed by atoms with Gasteiger partial charge in [0.15, 0.2) is 12.0 Å². The highest BCUT2D eigenvalue weighted by Crippen LogP contribution is 2.46. The van der Waals surface area contributed by atoms with Crippen molar-refractivity contribution in [2.24, 2.45) is 5.11 Å². The van der Waals surface area contributed by atoms with Gasteiger partial charge in [-0.2, -0.15) is 0 Å². The summed E-state index contributed by atoms with van der Waals surface area (Å²) in [5, 5.41) is 5.78. The highest BCUT2D eigenvalue weighted by atomic mass is 35.5. The minimum Gasteiger partial charge on any atom is -0.349 e. The van der Waals surface area contributed by atoms with Crippen LogP contribution in [0.1, 0.15) is 20.1 Å². The molecule has 138 valence electrons. The highest BCUT2D eigenvalue weighted by molar-refractivity contribution is 6.43. The lowest BCUT2D eigenvalue weighted by Crippen LogP contribution is -2.31. The normalized spacial score (nSPS) is 29.7. The Morgan fingerprint density at radius 2 is 1.85 bits per heavy atom. The molecule has 0 amide bonds. The third-order valence-corrected chi connectivity index (χ3v) is 5.55. The van der Waals surface area contributed by atoms with Gasteiger partial charge in [0.05, 0.1) is 28.2 Å². The van der Waals surface area contributed by atoms with Crippen LogP contribution in [0.25, 0.3) is 21.3 Å². The molecule has 0 radical (unpaired) electrons. The van der Waals surface area contributed by atoms with Gasteiger partial charge in [0.25, 0.3) is 0 Å². The number of rotatable bonds is 3. The Kier molecular flexibility index (Phi) is 4.52. The molecule has 2 aromatic rings. The Morgan fingerprint density at radius 3 is 2.58 bits per heavy atom. The van der Waals surface area contributed by atoms with Gasteiger partial charge >= 0.3 is 0 Å². The second-order valence-corrected chi connectivity index (χ2v) is 7.91. The smallest absolute Gasteiger partial charge is 0.164 e. The molecule has 2 aliphatic heterocycles. The lowest BCUT2D eigenvalue weighted by atomic mass is 10.1. The van der Waals surface area contributed by atoms with Crippen LogP contribution in [0.15, 0.2) is 23.3 Å². The van der Waals surface area contributed by atoms with E-state index in [4.69, 9.17) is 54.5 Å². The van der Waals surface area contributed by atoms with E-state index in [0.717, 1.165) is 10.9 Å². The van der Waals surface area contributed by atoms with Gasteiger partial charge in [0.2, 0.25) is 0 Å². The van der Waals surface area contributed by atoms with E-state index in [1.165, 1.54) is 0 Å². The summed E-state index contributed by atoms with van der Waals surface area (Å²) in [6, 6.07) is 5.28. The van der Waals surface area contributed by atoms with Crippen molar-refractivity contribution in [2.45, 2.75) is 44.2 Å². The van der Waals surface area contributed by atoms with Crippen molar-refractivity contribution in [3.8, 4) is 0 Å². The van der Waals surface area contributed by atoms with Crippen LogP contribution < -0.4 is 0 Å². The minimum atomic E-state index is -0.775. The van der Waals surface area contributed by atoms with E-state index >= 15 is 0 Å². The first-order chi connectivity index (χ1) is 12.3. The number of nitrogens with zero attached hydrogens (tertiary/aromatic N) is 4. The van der Waals surface area contributed by atoms with Crippen LogP contribution in [0.4, 0.5) is 0 Å². The summed E-state index contributed by atoms with van der Waals surface area (Å²) in [6.45, 7) is 3.80. The number of benzene rings is 1. The number of hydrogen-bond donors (Lipinski definition) is 0. The molecule has 0 bridgehead atoms. The van der Waals surface area contributed by atoms with Crippen molar-refractivity contribution in [2.75, 3.05) is 6.54 Å². The van der Waals surface area contributed by atoms with E-state index in [0.29, 0.717) is 15.2 Å². The average molecular weight is 418 g/mol. The highest BCUT2D eigenvalue weighted by Gasteiger charge is 2.56. The molecule has 0 N–H and O–H groups in total. The summed E-state index contributed by atoms with van der Waals surface area (Å²) in [7, 11) is 0. The molecule has 0 spiro atoms. The van der Waals surface area contributed by atoms with Crippen LogP contribution in [-0.4, -0.2) is 35.2 Å². The molecule has 0 aliphatic carbocycles. The Morgan fingerprint density at radius 1 is 1.15 bits per heavy atom. The zero-order chi connectivity index (χ0) is 18.6. The zero-order valence-electron chi connectivity index (χ0n) is 13.9. The van der Waals surface area contributed by atoms with E-state index in [1.54, 1.807) is 22.8 Å². The van der Waals surface area contributed by atoms with Gasteiger partial charge < -0.3 is 18.8 Å². The van der Waals surface area contributed by atoms with Crippen molar-refractivity contribution < 1.29 is 14.2 Å². The van der Waals surface area contributed by atoms with Gasteiger partial charge in [-0.15, -0.1) is 0 Å². The Balaban J connectivity index is 1.79. The molecule has 2 saturated heterocycles. The number of ether oxygens (including phenoxy) is 3. The van der Waals surface area contributed by atoms with E-state index in [1.807, 2.05) is 13.8 Å². The first kappa shape index (κ1) is 18.2. The Hall–Kier alpha value is -1.18. The quantitative estimate of drug-likeness (QED) is 0.384. The van der Waals surface area contributed by atoms with Gasteiger partial charge in [-0.05, 0) is 37.6 Å². The molecule has 1 aromatic heterocycles. The van der Waals surface area contributed by atoms with Crippen molar-refractivity contribution >= 4 is 45.7 Å². The number of hydrogen-bond acceptors (Lipinski definition) is 4. The maximum absolute atomic E-state index is 8.64. The minimum absolute atomic E-state index is 0.136. The van der Waals surface area contributed by atoms with Crippen LogP contribution in [0.5, 0.6) is 0 Å². The van der Waals surface area contributed by atoms with Crippen molar-refractivity contribution in [1.82, 2.24) is 4.57 Å². The molecule has 1 aromatic carbocycles. The van der Waals surface area contributed by atoms with Gasteiger partial charge in [-0.1, -0.05) is 39.9 Å². The van der Waals surface area contributed by atoms with Crippen molar-refractivity contribution in [1.29, 1.82) is 0 Å². The standard InChI is InChI=1S/C16H15Cl3N4O3/c1-16(2)25-13-11(6-21-22-20)24-15(14(13)26-16)23-10-5-9(18)8(17)3-7(10)4-12(23)19/h3-5,11,13-15H,6H2,1-2H3/t11-,13?,14?,15-/m1/s1. The first-order valence-corrected chi connectivity index (χ1v) is 9.11. The number of halogens is 3. The fraction of sp³-hybridized carbons (Fsp3) is 0.500. The summed E-state index contributed by atoms with van der Waals surface area (Å²) < 4.78 is 19.9. The van der Waals surface area contributed by atoms with Crippen LogP contribution in [0.3, 0.4) is 0 Å². The first-order valence-electron chi connectivity index (χ1n) is 7.98. The van der Waals surface area contributed by atoms with Crippen LogP contribution in [0.2, 0.25) is 15.2 Å². The van der Waals surface area contributed by atoms with Crippen LogP contribution in [-0.2, 0) is 14.2 Å². The molecule has 10 heteroatoms. The van der Waals surface area contributed by atoms with Crippen molar-refractivity contribution in [3.63, 3.8) is 0 Å². The molecular weight excluding hydrogens is 403 g/mol. The molecule has 4 atom stereocenters. The molecular formula is C16H15Cl3N4O3. The van der Waals surface area contributed by atoms with E-state index in [-0.39, 0.29) is 12.6 Å². The molecule has 7 nitrogen and oxygen atoms in total. The molecule has 0 saturated carbocycles. The summed E-state index contributed by atoms with van der Waals surface area (Å²) in [4.78, 5) is 2.81. The predicted octanol–water partition coefficient (Wildman–Crippen LogP) is 5.33. The zero-order valence-corrected chi connectivity index (χ0v) is 16.2.